The minimum Gasteiger partial charge on any atom is -0.458 e. The van der Waals surface area contributed by atoms with E-state index in [-0.39, 0.29) is 0 Å². The Labute approximate surface area is 106 Å². The normalized spacial score (nSPS) is 15.0. The van der Waals surface area contributed by atoms with Crippen LogP contribution in [0.3, 0.4) is 0 Å². The highest BCUT2D eigenvalue weighted by Crippen LogP contribution is 2.27. The average molecular weight is 250 g/mol. The highest BCUT2D eigenvalue weighted by molar-refractivity contribution is 7.99. The van der Waals surface area contributed by atoms with Crippen molar-refractivity contribution in [3.63, 3.8) is 0 Å². The first-order chi connectivity index (χ1) is 8.20. The summed E-state index contributed by atoms with van der Waals surface area (Å²) in [6, 6.07) is 9.76. The van der Waals surface area contributed by atoms with Crippen molar-refractivity contribution >= 4 is 22.7 Å². The fourth-order valence-electron chi connectivity index (χ4n) is 1.62. The van der Waals surface area contributed by atoms with Gasteiger partial charge in [0.2, 0.25) is 0 Å². The number of rotatable bonds is 5. The van der Waals surface area contributed by atoms with Crippen LogP contribution in [0.25, 0.3) is 11.0 Å². The Kier molecular flexibility index (Phi) is 4.13. The number of hydrogen-bond donors (Lipinski definition) is 1. The summed E-state index contributed by atoms with van der Waals surface area (Å²) in [5, 5.41) is 11.7. The topological polar surface area (TPSA) is 33.4 Å². The fraction of sp³-hybridized carbons (Fsp3) is 0.429. The Balaban J connectivity index is 2.06. The molecule has 2 aromatic rings. The Morgan fingerprint density at radius 1 is 1.35 bits per heavy atom. The smallest absolute Gasteiger partial charge is 0.134 e. The lowest BCUT2D eigenvalue weighted by Crippen LogP contribution is -2.03. The Bertz CT molecular complexity index is 445. The summed E-state index contributed by atoms with van der Waals surface area (Å²) in [5.41, 5.74) is 0.843. The van der Waals surface area contributed by atoms with E-state index in [1.807, 2.05) is 30.3 Å². The quantitative estimate of drug-likeness (QED) is 0.870. The Morgan fingerprint density at radius 3 is 2.82 bits per heavy atom. The van der Waals surface area contributed by atoms with E-state index in [4.69, 9.17) is 4.42 Å². The minimum absolute atomic E-state index is 0.513. The number of hydrogen-bond acceptors (Lipinski definition) is 3. The summed E-state index contributed by atoms with van der Waals surface area (Å²) in [6.07, 6.45) is 0.610. The number of furan rings is 1. The van der Waals surface area contributed by atoms with Crippen molar-refractivity contribution in [2.45, 2.75) is 31.6 Å². The highest BCUT2D eigenvalue weighted by atomic mass is 32.2. The van der Waals surface area contributed by atoms with Gasteiger partial charge in [0.1, 0.15) is 17.4 Å². The van der Waals surface area contributed by atoms with Crippen LogP contribution in [0.5, 0.6) is 0 Å². The van der Waals surface area contributed by atoms with Gasteiger partial charge in [-0.25, -0.2) is 0 Å². The van der Waals surface area contributed by atoms with E-state index in [2.05, 4.69) is 13.8 Å². The predicted molar refractivity (Wildman–Crippen MR) is 73.4 cm³/mol. The van der Waals surface area contributed by atoms with Gasteiger partial charge in [0.05, 0.1) is 0 Å². The Morgan fingerprint density at radius 2 is 2.12 bits per heavy atom. The van der Waals surface area contributed by atoms with Crippen LogP contribution in [0.4, 0.5) is 0 Å². The molecule has 2 atom stereocenters. The van der Waals surface area contributed by atoms with Crippen molar-refractivity contribution < 1.29 is 9.52 Å². The summed E-state index contributed by atoms with van der Waals surface area (Å²) in [6.45, 7) is 4.33. The van der Waals surface area contributed by atoms with E-state index in [0.717, 1.165) is 17.4 Å². The van der Waals surface area contributed by atoms with Crippen molar-refractivity contribution in [3.05, 3.63) is 36.1 Å². The SMILES string of the molecule is CCC(C)SCC(O)c1cc2ccccc2o1. The van der Waals surface area contributed by atoms with Gasteiger partial charge in [-0.15, -0.1) is 0 Å². The molecule has 17 heavy (non-hydrogen) atoms. The molecule has 3 heteroatoms. The van der Waals surface area contributed by atoms with Gasteiger partial charge >= 0.3 is 0 Å². The molecular formula is C14H18O2S. The molecule has 92 valence electrons. The molecule has 1 heterocycles. The first-order valence-electron chi connectivity index (χ1n) is 5.99. The minimum atomic E-state index is -0.513. The molecule has 2 unspecified atom stereocenters. The van der Waals surface area contributed by atoms with Crippen LogP contribution < -0.4 is 0 Å². The number of thioether (sulfide) groups is 1. The molecule has 0 fully saturated rings. The fourth-order valence-corrected chi connectivity index (χ4v) is 2.53. The largest absolute Gasteiger partial charge is 0.458 e. The van der Waals surface area contributed by atoms with Gasteiger partial charge in [0.25, 0.3) is 0 Å². The third kappa shape index (κ3) is 3.05. The molecule has 0 saturated heterocycles. The molecule has 2 rings (SSSR count). The lowest BCUT2D eigenvalue weighted by molar-refractivity contribution is 0.176. The molecule has 0 radical (unpaired) electrons. The second-order valence-electron chi connectivity index (χ2n) is 4.25. The van der Waals surface area contributed by atoms with Crippen LogP contribution in [0.15, 0.2) is 34.7 Å². The van der Waals surface area contributed by atoms with Crippen molar-refractivity contribution in [1.82, 2.24) is 0 Å². The van der Waals surface area contributed by atoms with Gasteiger partial charge in [-0.05, 0) is 18.6 Å². The standard InChI is InChI=1S/C14H18O2S/c1-3-10(2)17-9-12(15)14-8-11-6-4-5-7-13(11)16-14/h4-8,10,12,15H,3,9H2,1-2H3. The third-order valence-electron chi connectivity index (χ3n) is 2.89. The molecule has 0 aliphatic carbocycles. The molecule has 0 aliphatic heterocycles. The predicted octanol–water partition coefficient (Wildman–Crippen LogP) is 4.00. The maximum absolute atomic E-state index is 10.1. The summed E-state index contributed by atoms with van der Waals surface area (Å²) in [7, 11) is 0. The number of aliphatic hydroxyl groups is 1. The van der Waals surface area contributed by atoms with Crippen molar-refractivity contribution in [2.24, 2.45) is 0 Å². The average Bonchev–Trinajstić information content (AvgIpc) is 2.79. The van der Waals surface area contributed by atoms with Crippen molar-refractivity contribution in [2.75, 3.05) is 5.75 Å². The number of fused-ring (bicyclic) bond motifs is 1. The number of benzene rings is 1. The molecule has 1 aromatic heterocycles. The van der Waals surface area contributed by atoms with E-state index in [0.29, 0.717) is 16.8 Å². The first-order valence-corrected chi connectivity index (χ1v) is 7.03. The zero-order chi connectivity index (χ0) is 12.3. The number of aliphatic hydroxyl groups excluding tert-OH is 1. The van der Waals surface area contributed by atoms with Gasteiger partial charge in [-0.1, -0.05) is 32.0 Å². The van der Waals surface area contributed by atoms with Gasteiger partial charge in [0.15, 0.2) is 0 Å². The van der Waals surface area contributed by atoms with Crippen molar-refractivity contribution in [3.8, 4) is 0 Å². The first kappa shape index (κ1) is 12.5. The maximum Gasteiger partial charge on any atom is 0.134 e. The second kappa shape index (κ2) is 5.61. The third-order valence-corrected chi connectivity index (χ3v) is 4.30. The van der Waals surface area contributed by atoms with Gasteiger partial charge < -0.3 is 9.52 Å². The van der Waals surface area contributed by atoms with Crippen LogP contribution >= 0.6 is 11.8 Å². The van der Waals surface area contributed by atoms with Crippen LogP contribution in [0.1, 0.15) is 32.1 Å². The molecule has 1 N–H and O–H groups in total. The Hall–Kier alpha value is -0.930. The van der Waals surface area contributed by atoms with E-state index in [1.165, 1.54) is 0 Å². The molecule has 1 aromatic carbocycles. The zero-order valence-electron chi connectivity index (χ0n) is 10.2. The summed E-state index contributed by atoms with van der Waals surface area (Å²) in [4.78, 5) is 0. The van der Waals surface area contributed by atoms with E-state index >= 15 is 0 Å². The van der Waals surface area contributed by atoms with Gasteiger partial charge in [-0.2, -0.15) is 11.8 Å². The van der Waals surface area contributed by atoms with E-state index in [1.54, 1.807) is 11.8 Å². The van der Waals surface area contributed by atoms with Crippen molar-refractivity contribution in [1.29, 1.82) is 0 Å². The maximum atomic E-state index is 10.1. The summed E-state index contributed by atoms with van der Waals surface area (Å²) < 4.78 is 5.63. The monoisotopic (exact) mass is 250 g/mol. The van der Waals surface area contributed by atoms with Gasteiger partial charge in [-0.3, -0.25) is 0 Å². The second-order valence-corrected chi connectivity index (χ2v) is 5.73. The lowest BCUT2D eigenvalue weighted by Gasteiger charge is -2.11. The molecule has 0 aliphatic rings. The molecular weight excluding hydrogens is 232 g/mol. The van der Waals surface area contributed by atoms with Crippen LogP contribution in [0, 0.1) is 0 Å². The molecule has 0 bridgehead atoms. The van der Waals surface area contributed by atoms with Crippen LogP contribution in [-0.2, 0) is 0 Å². The molecule has 2 nitrogen and oxygen atoms in total. The zero-order valence-corrected chi connectivity index (χ0v) is 11.0. The van der Waals surface area contributed by atoms with E-state index in [9.17, 15) is 5.11 Å². The molecule has 0 saturated carbocycles. The van der Waals surface area contributed by atoms with Crippen LogP contribution in [-0.4, -0.2) is 16.1 Å². The number of para-hydroxylation sites is 1. The van der Waals surface area contributed by atoms with Crippen LogP contribution in [0.2, 0.25) is 0 Å². The summed E-state index contributed by atoms with van der Waals surface area (Å²) >= 11 is 1.78. The van der Waals surface area contributed by atoms with E-state index < -0.39 is 6.10 Å². The molecule has 0 spiro atoms. The summed E-state index contributed by atoms with van der Waals surface area (Å²) in [5.74, 6) is 1.36. The molecule has 0 amide bonds. The highest BCUT2D eigenvalue weighted by Gasteiger charge is 2.14. The lowest BCUT2D eigenvalue weighted by atomic mass is 10.2. The van der Waals surface area contributed by atoms with Gasteiger partial charge in [0, 0.05) is 16.4 Å².